The molecule has 148 valence electrons. The summed E-state index contributed by atoms with van der Waals surface area (Å²) in [5.74, 6) is 0.650. The van der Waals surface area contributed by atoms with Crippen molar-refractivity contribution in [3.8, 4) is 11.1 Å². The molecule has 0 radical (unpaired) electrons. The lowest BCUT2D eigenvalue weighted by Gasteiger charge is -2.34. The molecule has 0 amide bonds. The first-order valence-corrected chi connectivity index (χ1v) is 9.92. The second kappa shape index (κ2) is 6.72. The summed E-state index contributed by atoms with van der Waals surface area (Å²) < 4.78 is 16.5. The van der Waals surface area contributed by atoms with Gasteiger partial charge in [-0.15, -0.1) is 10.2 Å². The third-order valence-corrected chi connectivity index (χ3v) is 6.32. The number of halogens is 1. The van der Waals surface area contributed by atoms with E-state index in [9.17, 15) is 9.18 Å². The summed E-state index contributed by atoms with van der Waals surface area (Å²) in [4.78, 5) is 17.7. The third kappa shape index (κ3) is 2.82. The van der Waals surface area contributed by atoms with Gasteiger partial charge < -0.3 is 0 Å². The van der Waals surface area contributed by atoms with Gasteiger partial charge in [-0.1, -0.05) is 38.8 Å². The quantitative estimate of drug-likeness (QED) is 0.520. The molecule has 4 aromatic rings. The topological polar surface area (TPSA) is 78.0 Å². The molecule has 1 aliphatic rings. The van der Waals surface area contributed by atoms with E-state index >= 15 is 0 Å². The fourth-order valence-electron chi connectivity index (χ4n) is 4.40. The SMILES string of the molecule is CC1CCCC(n2cnc3c(nnc4c(-c5ccc(F)cc5)cnn43)c2=O)C1C. The average Bonchev–Trinajstić information content (AvgIpc) is 3.16. The Balaban J connectivity index is 1.65. The first-order valence-electron chi connectivity index (χ1n) is 9.92. The van der Waals surface area contributed by atoms with E-state index in [1.54, 1.807) is 29.2 Å². The molecule has 0 N–H and O–H groups in total. The van der Waals surface area contributed by atoms with Crippen molar-refractivity contribution in [2.45, 2.75) is 39.2 Å². The highest BCUT2D eigenvalue weighted by atomic mass is 19.1. The van der Waals surface area contributed by atoms with E-state index in [1.165, 1.54) is 23.1 Å². The Kier molecular flexibility index (Phi) is 4.15. The summed E-state index contributed by atoms with van der Waals surface area (Å²) in [5.41, 5.74) is 2.36. The van der Waals surface area contributed by atoms with Crippen molar-refractivity contribution in [2.24, 2.45) is 11.8 Å². The molecule has 3 atom stereocenters. The van der Waals surface area contributed by atoms with Gasteiger partial charge in [0.05, 0.1) is 6.20 Å². The minimum absolute atomic E-state index is 0.119. The first-order chi connectivity index (χ1) is 14.0. The monoisotopic (exact) mass is 392 g/mol. The summed E-state index contributed by atoms with van der Waals surface area (Å²) >= 11 is 0. The average molecular weight is 392 g/mol. The standard InChI is InChI=1S/C21H21FN6O/c1-12-4-3-5-17(13(12)2)27-11-23-20-18(21(27)29)25-26-19-16(10-24-28(19)20)14-6-8-15(22)9-7-14/h6-13,17H,3-5H2,1-2H3. The van der Waals surface area contributed by atoms with Gasteiger partial charge in [0.15, 0.2) is 16.8 Å². The zero-order chi connectivity index (χ0) is 20.1. The fourth-order valence-corrected chi connectivity index (χ4v) is 4.40. The number of benzene rings is 1. The largest absolute Gasteiger partial charge is 0.294 e. The predicted octanol–water partition coefficient (Wildman–Crippen LogP) is 3.64. The van der Waals surface area contributed by atoms with Crippen molar-refractivity contribution in [2.75, 3.05) is 0 Å². The minimum Gasteiger partial charge on any atom is -0.294 e. The van der Waals surface area contributed by atoms with E-state index in [0.717, 1.165) is 18.4 Å². The molecule has 1 fully saturated rings. The maximum Gasteiger partial charge on any atom is 0.283 e. The van der Waals surface area contributed by atoms with E-state index in [4.69, 9.17) is 0 Å². The van der Waals surface area contributed by atoms with Crippen LogP contribution in [0.25, 0.3) is 27.9 Å². The number of hydrogen-bond acceptors (Lipinski definition) is 5. The van der Waals surface area contributed by atoms with Crippen LogP contribution >= 0.6 is 0 Å². The first kappa shape index (κ1) is 17.9. The van der Waals surface area contributed by atoms with Crippen LogP contribution in [0.4, 0.5) is 4.39 Å². The van der Waals surface area contributed by atoms with Crippen LogP contribution in [-0.4, -0.2) is 29.4 Å². The van der Waals surface area contributed by atoms with Crippen LogP contribution in [0.15, 0.2) is 41.6 Å². The van der Waals surface area contributed by atoms with Gasteiger partial charge in [-0.2, -0.15) is 9.61 Å². The van der Waals surface area contributed by atoms with E-state index < -0.39 is 0 Å². The second-order valence-corrected chi connectivity index (χ2v) is 7.96. The van der Waals surface area contributed by atoms with Gasteiger partial charge in [-0.05, 0) is 36.0 Å². The van der Waals surface area contributed by atoms with Gasteiger partial charge in [-0.3, -0.25) is 9.36 Å². The van der Waals surface area contributed by atoms with E-state index in [-0.39, 0.29) is 22.9 Å². The minimum atomic E-state index is -0.310. The van der Waals surface area contributed by atoms with Gasteiger partial charge in [0.2, 0.25) is 0 Å². The molecule has 3 unspecified atom stereocenters. The number of fused-ring (bicyclic) bond motifs is 3. The van der Waals surface area contributed by atoms with Crippen molar-refractivity contribution in [3.05, 3.63) is 53.0 Å². The van der Waals surface area contributed by atoms with Gasteiger partial charge >= 0.3 is 0 Å². The molecular formula is C21H21FN6O. The summed E-state index contributed by atoms with van der Waals surface area (Å²) in [5, 5.41) is 12.8. The van der Waals surface area contributed by atoms with Crippen LogP contribution in [0.1, 0.15) is 39.2 Å². The molecule has 1 saturated carbocycles. The molecule has 29 heavy (non-hydrogen) atoms. The van der Waals surface area contributed by atoms with E-state index in [0.29, 0.717) is 28.7 Å². The molecule has 3 heterocycles. The van der Waals surface area contributed by atoms with Crippen LogP contribution in [0.3, 0.4) is 0 Å². The highest BCUT2D eigenvalue weighted by Gasteiger charge is 2.30. The zero-order valence-electron chi connectivity index (χ0n) is 16.3. The fraction of sp³-hybridized carbons (Fsp3) is 0.381. The van der Waals surface area contributed by atoms with Crippen LogP contribution in [0.5, 0.6) is 0 Å². The molecule has 0 spiro atoms. The highest BCUT2D eigenvalue weighted by Crippen LogP contribution is 2.36. The number of nitrogens with zero attached hydrogens (tertiary/aromatic N) is 6. The molecule has 0 aliphatic heterocycles. The summed E-state index contributed by atoms with van der Waals surface area (Å²) in [6.45, 7) is 4.43. The second-order valence-electron chi connectivity index (χ2n) is 7.96. The summed E-state index contributed by atoms with van der Waals surface area (Å²) in [6, 6.07) is 6.21. The van der Waals surface area contributed by atoms with Crippen molar-refractivity contribution in [3.63, 3.8) is 0 Å². The molecular weight excluding hydrogens is 371 g/mol. The highest BCUT2D eigenvalue weighted by molar-refractivity contribution is 5.80. The Hall–Kier alpha value is -3.16. The Labute approximate surface area is 166 Å². The molecule has 3 aromatic heterocycles. The van der Waals surface area contributed by atoms with Gasteiger partial charge in [0.1, 0.15) is 12.1 Å². The van der Waals surface area contributed by atoms with Crippen molar-refractivity contribution < 1.29 is 4.39 Å². The number of rotatable bonds is 2. The van der Waals surface area contributed by atoms with Crippen molar-refractivity contribution >= 4 is 16.8 Å². The maximum atomic E-state index is 13.2. The van der Waals surface area contributed by atoms with Gasteiger partial charge in [-0.25, -0.2) is 9.37 Å². The Morgan fingerprint density at radius 2 is 1.86 bits per heavy atom. The lowest BCUT2D eigenvalue weighted by Crippen LogP contribution is -2.34. The Morgan fingerprint density at radius 1 is 1.07 bits per heavy atom. The lowest BCUT2D eigenvalue weighted by atomic mass is 9.78. The summed E-state index contributed by atoms with van der Waals surface area (Å²) in [7, 11) is 0. The molecule has 1 aromatic carbocycles. The van der Waals surface area contributed by atoms with Crippen LogP contribution in [0, 0.1) is 17.7 Å². The Morgan fingerprint density at radius 3 is 2.66 bits per heavy atom. The van der Waals surface area contributed by atoms with E-state index in [2.05, 4.69) is 34.1 Å². The van der Waals surface area contributed by atoms with Gasteiger partial charge in [0, 0.05) is 11.6 Å². The molecule has 5 rings (SSSR count). The van der Waals surface area contributed by atoms with E-state index in [1.807, 2.05) is 0 Å². The van der Waals surface area contributed by atoms with Crippen molar-refractivity contribution in [1.29, 1.82) is 0 Å². The molecule has 7 nitrogen and oxygen atoms in total. The Bertz CT molecular complexity index is 1260. The van der Waals surface area contributed by atoms with Crippen LogP contribution in [0.2, 0.25) is 0 Å². The molecule has 8 heteroatoms. The smallest absolute Gasteiger partial charge is 0.283 e. The summed E-state index contributed by atoms with van der Waals surface area (Å²) in [6.07, 6.45) is 6.50. The molecule has 1 aliphatic carbocycles. The number of hydrogen-bond donors (Lipinski definition) is 0. The third-order valence-electron chi connectivity index (χ3n) is 6.32. The van der Waals surface area contributed by atoms with Gasteiger partial charge in [0.25, 0.3) is 5.56 Å². The predicted molar refractivity (Wildman–Crippen MR) is 107 cm³/mol. The van der Waals surface area contributed by atoms with Crippen LogP contribution in [-0.2, 0) is 0 Å². The maximum absolute atomic E-state index is 13.2. The molecule has 0 bridgehead atoms. The van der Waals surface area contributed by atoms with Crippen molar-refractivity contribution in [1.82, 2.24) is 29.4 Å². The molecule has 0 saturated heterocycles. The number of aromatic nitrogens is 6. The lowest BCUT2D eigenvalue weighted by molar-refractivity contribution is 0.182. The normalized spacial score (nSPS) is 22.4. The van der Waals surface area contributed by atoms with Crippen LogP contribution < -0.4 is 5.56 Å². The zero-order valence-corrected chi connectivity index (χ0v) is 16.3.